The molecule has 0 bridgehead atoms. The Morgan fingerprint density at radius 3 is 2.62 bits per heavy atom. The fraction of sp³-hybridized carbons (Fsp3) is 0.192. The van der Waals surface area contributed by atoms with Crippen molar-refractivity contribution in [3.8, 4) is 6.07 Å². The molecule has 0 saturated heterocycles. The van der Waals surface area contributed by atoms with Crippen LogP contribution in [0.5, 0.6) is 0 Å². The molecule has 2 aromatic carbocycles. The molecule has 34 heavy (non-hydrogen) atoms. The van der Waals surface area contributed by atoms with Crippen LogP contribution in [0.2, 0.25) is 0 Å². The van der Waals surface area contributed by atoms with E-state index in [-0.39, 0.29) is 12.3 Å². The molecular weight excluding hydrogens is 444 g/mol. The molecule has 3 heterocycles. The first-order valence-electron chi connectivity index (χ1n) is 11.0. The first-order valence-corrected chi connectivity index (χ1v) is 11.8. The normalized spacial score (nSPS) is 11.1. The van der Waals surface area contributed by atoms with Crippen molar-refractivity contribution in [1.29, 1.82) is 5.26 Å². The molecule has 0 N–H and O–H groups in total. The number of rotatable bonds is 5. The fourth-order valence-corrected chi connectivity index (χ4v) is 5.21. The van der Waals surface area contributed by atoms with Crippen LogP contribution in [-0.4, -0.2) is 25.5 Å². The van der Waals surface area contributed by atoms with Crippen LogP contribution < -0.4 is 4.90 Å². The number of carbonyl (C=O) groups excluding carboxylic acids is 1. The maximum absolute atomic E-state index is 13.7. The van der Waals surface area contributed by atoms with E-state index in [1.807, 2.05) is 69.3 Å². The number of anilines is 2. The molecule has 0 radical (unpaired) electrons. The molecule has 0 aliphatic heterocycles. The average Bonchev–Trinajstić information content (AvgIpc) is 3.44. The molecule has 0 unspecified atom stereocenters. The lowest BCUT2D eigenvalue weighted by Crippen LogP contribution is -2.27. The molecule has 0 spiro atoms. The van der Waals surface area contributed by atoms with E-state index in [0.29, 0.717) is 22.8 Å². The van der Waals surface area contributed by atoms with E-state index < -0.39 is 0 Å². The Bertz CT molecular complexity index is 1560. The smallest absolute Gasteiger partial charge is 0.233 e. The first-order chi connectivity index (χ1) is 16.5. The number of amides is 1. The summed E-state index contributed by atoms with van der Waals surface area (Å²) < 4.78 is 2.72. The lowest BCUT2D eigenvalue weighted by atomic mass is 10.1. The highest BCUT2D eigenvalue weighted by atomic mass is 32.1. The second-order valence-corrected chi connectivity index (χ2v) is 9.16. The number of benzene rings is 2. The third-order valence-corrected chi connectivity index (χ3v) is 7.02. The van der Waals surface area contributed by atoms with Gasteiger partial charge in [0.1, 0.15) is 11.6 Å². The number of fused-ring (bicyclic) bond motifs is 2. The van der Waals surface area contributed by atoms with Crippen molar-refractivity contribution in [3.05, 3.63) is 82.8 Å². The van der Waals surface area contributed by atoms with Crippen LogP contribution in [0, 0.1) is 32.1 Å². The highest BCUT2D eigenvalue weighted by Gasteiger charge is 2.24. The Labute approximate surface area is 200 Å². The van der Waals surface area contributed by atoms with Gasteiger partial charge in [0.2, 0.25) is 5.91 Å². The molecule has 0 aliphatic rings. The summed E-state index contributed by atoms with van der Waals surface area (Å²) in [4.78, 5) is 24.8. The van der Waals surface area contributed by atoms with E-state index in [1.165, 1.54) is 17.5 Å². The summed E-state index contributed by atoms with van der Waals surface area (Å²) in [5.41, 5.74) is 6.35. The summed E-state index contributed by atoms with van der Waals surface area (Å²) in [7, 11) is 0. The van der Waals surface area contributed by atoms with Crippen molar-refractivity contribution < 1.29 is 4.79 Å². The number of nitrogens with zero attached hydrogens (tertiary/aromatic N) is 6. The summed E-state index contributed by atoms with van der Waals surface area (Å²) in [6.45, 7) is 5.86. The monoisotopic (exact) mass is 466 g/mol. The van der Waals surface area contributed by atoms with Crippen LogP contribution in [0.25, 0.3) is 15.9 Å². The van der Waals surface area contributed by atoms with Crippen molar-refractivity contribution in [2.24, 2.45) is 0 Å². The molecule has 5 aromatic rings. The number of hydrogen-bond acceptors (Lipinski definition) is 6. The highest BCUT2D eigenvalue weighted by molar-refractivity contribution is 7.22. The summed E-state index contributed by atoms with van der Waals surface area (Å²) in [5.74, 6) is -0.0366. The van der Waals surface area contributed by atoms with Gasteiger partial charge in [0.25, 0.3) is 0 Å². The highest BCUT2D eigenvalue weighted by Crippen LogP contribution is 2.35. The Kier molecular flexibility index (Phi) is 5.56. The molecule has 0 aliphatic carbocycles. The second kappa shape index (κ2) is 8.69. The van der Waals surface area contributed by atoms with E-state index in [9.17, 15) is 10.1 Å². The predicted molar refractivity (Wildman–Crippen MR) is 133 cm³/mol. The minimum Gasteiger partial charge on any atom is -0.274 e. The quantitative estimate of drug-likeness (QED) is 0.344. The van der Waals surface area contributed by atoms with Gasteiger partial charge in [-0.2, -0.15) is 10.4 Å². The summed E-state index contributed by atoms with van der Waals surface area (Å²) in [6.07, 6.45) is 2.32. The van der Waals surface area contributed by atoms with E-state index in [4.69, 9.17) is 4.98 Å². The molecule has 1 amide bonds. The van der Waals surface area contributed by atoms with E-state index >= 15 is 0 Å². The van der Waals surface area contributed by atoms with E-state index in [0.717, 1.165) is 38.4 Å². The van der Waals surface area contributed by atoms with Gasteiger partial charge in [0.05, 0.1) is 22.1 Å². The van der Waals surface area contributed by atoms with Crippen LogP contribution in [0.15, 0.2) is 54.7 Å². The van der Waals surface area contributed by atoms with Crippen LogP contribution in [-0.2, 0) is 11.2 Å². The standard InChI is InChI=1S/C26H22N6OS/c1-16-8-4-6-10-22(16)31(26-30-21-9-5-7-11-23(21)34-26)24(33)13-12-20-17(2)29-25-19(14-27)15-28-32(25)18(20)3/h4-11,15H,12-13H2,1-3H3. The third kappa shape index (κ3) is 3.70. The molecule has 0 saturated carbocycles. The topological polar surface area (TPSA) is 87.2 Å². The van der Waals surface area contributed by atoms with Crippen molar-refractivity contribution in [2.75, 3.05) is 4.90 Å². The zero-order valence-electron chi connectivity index (χ0n) is 19.1. The Morgan fingerprint density at radius 1 is 1.09 bits per heavy atom. The third-order valence-electron chi connectivity index (χ3n) is 6.00. The minimum atomic E-state index is -0.0366. The zero-order valence-corrected chi connectivity index (χ0v) is 19.9. The van der Waals surface area contributed by atoms with Crippen molar-refractivity contribution in [2.45, 2.75) is 33.6 Å². The van der Waals surface area contributed by atoms with Gasteiger partial charge in [-0.25, -0.2) is 14.5 Å². The van der Waals surface area contributed by atoms with Gasteiger partial charge in [-0.05, 0) is 56.5 Å². The summed E-state index contributed by atoms with van der Waals surface area (Å²) in [6, 6.07) is 17.9. The number of carbonyl (C=O) groups is 1. The van der Waals surface area contributed by atoms with Crippen LogP contribution in [0.3, 0.4) is 0 Å². The maximum atomic E-state index is 13.7. The van der Waals surface area contributed by atoms with Gasteiger partial charge in [0, 0.05) is 17.8 Å². The Balaban J connectivity index is 1.50. The van der Waals surface area contributed by atoms with Crippen molar-refractivity contribution >= 4 is 43.9 Å². The van der Waals surface area contributed by atoms with Gasteiger partial charge in [0.15, 0.2) is 10.8 Å². The summed E-state index contributed by atoms with van der Waals surface area (Å²) in [5, 5.41) is 14.3. The number of thiazole rings is 1. The van der Waals surface area contributed by atoms with E-state index in [2.05, 4.69) is 16.2 Å². The molecule has 3 aromatic heterocycles. The van der Waals surface area contributed by atoms with E-state index in [1.54, 1.807) is 9.42 Å². The summed E-state index contributed by atoms with van der Waals surface area (Å²) >= 11 is 1.51. The van der Waals surface area contributed by atoms with Gasteiger partial charge in [-0.3, -0.25) is 9.69 Å². The molecule has 168 valence electrons. The van der Waals surface area contributed by atoms with Crippen LogP contribution in [0.1, 0.15) is 34.5 Å². The van der Waals surface area contributed by atoms with Crippen molar-refractivity contribution in [3.63, 3.8) is 0 Å². The van der Waals surface area contributed by atoms with Crippen LogP contribution >= 0.6 is 11.3 Å². The number of aryl methyl sites for hydroxylation is 3. The molecule has 8 heteroatoms. The lowest BCUT2D eigenvalue weighted by Gasteiger charge is -2.22. The van der Waals surface area contributed by atoms with Crippen LogP contribution in [0.4, 0.5) is 10.8 Å². The Morgan fingerprint density at radius 2 is 1.85 bits per heavy atom. The first kappa shape index (κ1) is 21.7. The maximum Gasteiger partial charge on any atom is 0.233 e. The molecular formula is C26H22N6OS. The van der Waals surface area contributed by atoms with Gasteiger partial charge >= 0.3 is 0 Å². The molecule has 7 nitrogen and oxygen atoms in total. The number of aromatic nitrogens is 4. The zero-order chi connectivity index (χ0) is 23.8. The molecule has 0 atom stereocenters. The molecule has 5 rings (SSSR count). The van der Waals surface area contributed by atoms with Gasteiger partial charge < -0.3 is 0 Å². The SMILES string of the molecule is Cc1ccccc1N(C(=O)CCc1c(C)nc2c(C#N)cnn2c1C)c1nc2ccccc2s1. The largest absolute Gasteiger partial charge is 0.274 e. The minimum absolute atomic E-state index is 0.0366. The van der Waals surface area contributed by atoms with Crippen molar-refractivity contribution in [1.82, 2.24) is 19.6 Å². The fourth-order valence-electron chi connectivity index (χ4n) is 4.21. The molecule has 0 fully saturated rings. The van der Waals surface area contributed by atoms with Gasteiger partial charge in [-0.1, -0.05) is 41.7 Å². The number of hydrogen-bond donors (Lipinski definition) is 0. The number of para-hydroxylation sites is 2. The lowest BCUT2D eigenvalue weighted by molar-refractivity contribution is -0.117. The average molecular weight is 467 g/mol. The second-order valence-electron chi connectivity index (χ2n) is 8.15. The van der Waals surface area contributed by atoms with Gasteiger partial charge in [-0.15, -0.1) is 0 Å². The predicted octanol–water partition coefficient (Wildman–Crippen LogP) is 5.43. The number of nitriles is 1. The Hall–Kier alpha value is -4.09.